The van der Waals surface area contributed by atoms with Gasteiger partial charge < -0.3 is 5.32 Å². The summed E-state index contributed by atoms with van der Waals surface area (Å²) in [6.07, 6.45) is 3.90. The summed E-state index contributed by atoms with van der Waals surface area (Å²) < 4.78 is 13.3. The van der Waals surface area contributed by atoms with Crippen LogP contribution in [-0.4, -0.2) is 16.5 Å². The summed E-state index contributed by atoms with van der Waals surface area (Å²) >= 11 is 0. The van der Waals surface area contributed by atoms with E-state index in [-0.39, 0.29) is 11.9 Å². The monoisotopic (exact) mass is 259 g/mol. The predicted molar refractivity (Wildman–Crippen MR) is 73.3 cm³/mol. The molecule has 2 rings (SSSR count). The van der Waals surface area contributed by atoms with E-state index in [9.17, 15) is 4.39 Å². The number of rotatable bonds is 5. The van der Waals surface area contributed by atoms with Crippen molar-refractivity contribution >= 4 is 0 Å². The molecule has 2 aromatic rings. The zero-order valence-electron chi connectivity index (χ0n) is 11.2. The molecule has 0 fully saturated rings. The molecule has 0 amide bonds. The highest BCUT2D eigenvalue weighted by Gasteiger charge is 2.15. The average molecular weight is 259 g/mol. The zero-order valence-corrected chi connectivity index (χ0v) is 11.2. The maximum Gasteiger partial charge on any atom is 0.141 e. The fourth-order valence-corrected chi connectivity index (χ4v) is 1.99. The Balaban J connectivity index is 2.35. The molecule has 0 saturated heterocycles. The lowest BCUT2D eigenvalue weighted by Crippen LogP contribution is -2.24. The van der Waals surface area contributed by atoms with Crippen molar-refractivity contribution in [3.8, 4) is 0 Å². The van der Waals surface area contributed by atoms with Gasteiger partial charge in [0.15, 0.2) is 0 Å². The van der Waals surface area contributed by atoms with Crippen molar-refractivity contribution in [2.45, 2.75) is 26.3 Å². The number of halogens is 1. The minimum absolute atomic E-state index is 0.122. The number of hydrogen-bond donors (Lipinski definition) is 1. The molecule has 0 saturated carbocycles. The van der Waals surface area contributed by atoms with E-state index in [0.717, 1.165) is 29.9 Å². The largest absolute Gasteiger partial charge is 0.305 e. The molecule has 0 aliphatic carbocycles. The quantitative estimate of drug-likeness (QED) is 0.897. The molecular formula is C15H18FN3. The van der Waals surface area contributed by atoms with Gasteiger partial charge in [-0.05, 0) is 43.7 Å². The Bertz CT molecular complexity index is 497. The van der Waals surface area contributed by atoms with E-state index in [1.54, 1.807) is 6.20 Å². The molecule has 0 spiro atoms. The molecule has 3 nitrogen and oxygen atoms in total. The fraction of sp³-hybridized carbons (Fsp3) is 0.333. The smallest absolute Gasteiger partial charge is 0.141 e. The summed E-state index contributed by atoms with van der Waals surface area (Å²) in [5.74, 6) is -0.326. The second-order valence-corrected chi connectivity index (χ2v) is 4.53. The summed E-state index contributed by atoms with van der Waals surface area (Å²) in [6, 6.07) is 7.24. The molecule has 1 N–H and O–H groups in total. The Hall–Kier alpha value is -1.81. The van der Waals surface area contributed by atoms with E-state index in [1.807, 2.05) is 25.1 Å². The standard InChI is InChI=1S/C15H18FN3/c1-3-7-18-15(12-8-13(16)10-17-9-12)14-6-4-5-11(2)19-14/h4-6,8-10,15,18H,3,7H2,1-2H3. The van der Waals surface area contributed by atoms with E-state index in [4.69, 9.17) is 0 Å². The number of nitrogens with one attached hydrogen (secondary N) is 1. The minimum atomic E-state index is -0.326. The molecule has 4 heteroatoms. The third kappa shape index (κ3) is 3.58. The van der Waals surface area contributed by atoms with Crippen LogP contribution in [0.2, 0.25) is 0 Å². The highest BCUT2D eigenvalue weighted by Crippen LogP contribution is 2.20. The number of hydrogen-bond acceptors (Lipinski definition) is 3. The van der Waals surface area contributed by atoms with Gasteiger partial charge in [0.2, 0.25) is 0 Å². The summed E-state index contributed by atoms with van der Waals surface area (Å²) in [5, 5.41) is 3.39. The average Bonchev–Trinajstić information content (AvgIpc) is 2.39. The maximum absolute atomic E-state index is 13.3. The molecule has 0 aliphatic rings. The van der Waals surface area contributed by atoms with Crippen LogP contribution in [0.4, 0.5) is 4.39 Å². The third-order valence-electron chi connectivity index (χ3n) is 2.86. The lowest BCUT2D eigenvalue weighted by molar-refractivity contribution is 0.571. The lowest BCUT2D eigenvalue weighted by Gasteiger charge is -2.18. The van der Waals surface area contributed by atoms with Gasteiger partial charge in [-0.1, -0.05) is 13.0 Å². The molecule has 1 atom stereocenters. The van der Waals surface area contributed by atoms with Gasteiger partial charge in [0.1, 0.15) is 5.82 Å². The van der Waals surface area contributed by atoms with Crippen molar-refractivity contribution in [2.24, 2.45) is 0 Å². The van der Waals surface area contributed by atoms with Crippen molar-refractivity contribution in [1.82, 2.24) is 15.3 Å². The van der Waals surface area contributed by atoms with Crippen LogP contribution in [0, 0.1) is 12.7 Å². The van der Waals surface area contributed by atoms with Gasteiger partial charge >= 0.3 is 0 Å². The highest BCUT2D eigenvalue weighted by molar-refractivity contribution is 5.26. The number of aryl methyl sites for hydroxylation is 1. The summed E-state index contributed by atoms with van der Waals surface area (Å²) in [6.45, 7) is 4.89. The Morgan fingerprint density at radius 3 is 2.84 bits per heavy atom. The lowest BCUT2D eigenvalue weighted by atomic mass is 10.0. The van der Waals surface area contributed by atoms with Gasteiger partial charge in [-0.3, -0.25) is 9.97 Å². The van der Waals surface area contributed by atoms with Crippen LogP contribution in [-0.2, 0) is 0 Å². The second kappa shape index (κ2) is 6.38. The number of pyridine rings is 2. The molecule has 0 aliphatic heterocycles. The van der Waals surface area contributed by atoms with Crippen molar-refractivity contribution < 1.29 is 4.39 Å². The van der Waals surface area contributed by atoms with Crippen LogP contribution in [0.3, 0.4) is 0 Å². The fourth-order valence-electron chi connectivity index (χ4n) is 1.99. The van der Waals surface area contributed by atoms with E-state index in [0.29, 0.717) is 0 Å². The Kier molecular flexibility index (Phi) is 4.58. The minimum Gasteiger partial charge on any atom is -0.305 e. The van der Waals surface area contributed by atoms with Crippen LogP contribution in [0.25, 0.3) is 0 Å². The second-order valence-electron chi connectivity index (χ2n) is 4.53. The van der Waals surface area contributed by atoms with Gasteiger partial charge in [0.25, 0.3) is 0 Å². The van der Waals surface area contributed by atoms with Crippen molar-refractivity contribution in [3.63, 3.8) is 0 Å². The summed E-state index contributed by atoms with van der Waals surface area (Å²) in [5.41, 5.74) is 2.64. The molecule has 2 heterocycles. The molecule has 100 valence electrons. The van der Waals surface area contributed by atoms with Crippen molar-refractivity contribution in [1.29, 1.82) is 0 Å². The molecule has 0 bridgehead atoms. The van der Waals surface area contributed by atoms with Crippen LogP contribution < -0.4 is 5.32 Å². The molecule has 19 heavy (non-hydrogen) atoms. The molecular weight excluding hydrogens is 241 g/mol. The third-order valence-corrected chi connectivity index (χ3v) is 2.86. The Labute approximate surface area is 112 Å². The first-order valence-corrected chi connectivity index (χ1v) is 6.48. The maximum atomic E-state index is 13.3. The number of aromatic nitrogens is 2. The topological polar surface area (TPSA) is 37.8 Å². The Morgan fingerprint density at radius 2 is 2.16 bits per heavy atom. The van der Waals surface area contributed by atoms with Crippen LogP contribution in [0.1, 0.15) is 36.3 Å². The first kappa shape index (κ1) is 13.6. The highest BCUT2D eigenvalue weighted by atomic mass is 19.1. The first-order chi connectivity index (χ1) is 9.20. The van der Waals surface area contributed by atoms with Gasteiger partial charge in [-0.25, -0.2) is 4.39 Å². The van der Waals surface area contributed by atoms with Crippen molar-refractivity contribution in [3.05, 3.63) is 59.4 Å². The number of nitrogens with zero attached hydrogens (tertiary/aromatic N) is 2. The van der Waals surface area contributed by atoms with Crippen molar-refractivity contribution in [2.75, 3.05) is 6.54 Å². The van der Waals surface area contributed by atoms with E-state index in [2.05, 4.69) is 22.2 Å². The van der Waals surface area contributed by atoms with Gasteiger partial charge in [0.05, 0.1) is 17.9 Å². The SMILES string of the molecule is CCCNC(c1cncc(F)c1)c1cccc(C)n1. The van der Waals surface area contributed by atoms with Crippen LogP contribution in [0.15, 0.2) is 36.7 Å². The van der Waals surface area contributed by atoms with Crippen LogP contribution >= 0.6 is 0 Å². The zero-order chi connectivity index (χ0) is 13.7. The molecule has 1 unspecified atom stereocenters. The Morgan fingerprint density at radius 1 is 1.32 bits per heavy atom. The molecule has 0 aromatic carbocycles. The molecule has 2 aromatic heterocycles. The van der Waals surface area contributed by atoms with Gasteiger partial charge in [0, 0.05) is 11.9 Å². The molecule has 0 radical (unpaired) electrons. The summed E-state index contributed by atoms with van der Waals surface area (Å²) in [4.78, 5) is 8.44. The van der Waals surface area contributed by atoms with E-state index < -0.39 is 0 Å². The normalized spacial score (nSPS) is 12.4. The van der Waals surface area contributed by atoms with Crippen LogP contribution in [0.5, 0.6) is 0 Å². The van der Waals surface area contributed by atoms with Gasteiger partial charge in [-0.15, -0.1) is 0 Å². The van der Waals surface area contributed by atoms with Gasteiger partial charge in [-0.2, -0.15) is 0 Å². The van der Waals surface area contributed by atoms with E-state index >= 15 is 0 Å². The summed E-state index contributed by atoms with van der Waals surface area (Å²) in [7, 11) is 0. The van der Waals surface area contributed by atoms with E-state index in [1.165, 1.54) is 12.3 Å². The first-order valence-electron chi connectivity index (χ1n) is 6.48. The predicted octanol–water partition coefficient (Wildman–Crippen LogP) is 3.01.